The fourth-order valence-electron chi connectivity index (χ4n) is 5.70. The predicted molar refractivity (Wildman–Crippen MR) is 176 cm³/mol. The second kappa shape index (κ2) is 13.9. The van der Waals surface area contributed by atoms with Crippen LogP contribution >= 0.6 is 0 Å². The Morgan fingerprint density at radius 2 is 1.51 bits per heavy atom. The van der Waals surface area contributed by atoms with Gasteiger partial charge in [-0.15, -0.1) is 0 Å². The highest BCUT2D eigenvalue weighted by Crippen LogP contribution is 2.50. The lowest BCUT2D eigenvalue weighted by atomic mass is 9.69. The van der Waals surface area contributed by atoms with Gasteiger partial charge in [0.1, 0.15) is 45.5 Å². The molecule has 8 heteroatoms. The maximum atomic E-state index is 13.9. The molecule has 0 saturated heterocycles. The van der Waals surface area contributed by atoms with Crippen molar-refractivity contribution in [2.45, 2.75) is 112 Å². The molecule has 0 spiro atoms. The van der Waals surface area contributed by atoms with Crippen molar-refractivity contribution >= 4 is 23.4 Å². The third kappa shape index (κ3) is 7.26. The molecule has 1 unspecified atom stereocenters. The number of phenolic OH excluding ortho intramolecular Hbond substituents is 2. The van der Waals surface area contributed by atoms with E-state index in [4.69, 9.17) is 4.74 Å². The van der Waals surface area contributed by atoms with Gasteiger partial charge in [-0.2, -0.15) is 0 Å². The van der Waals surface area contributed by atoms with Crippen LogP contribution in [-0.4, -0.2) is 43.4 Å². The van der Waals surface area contributed by atoms with Crippen LogP contribution in [0.2, 0.25) is 0 Å². The number of ketones is 3. The molecule has 8 nitrogen and oxygen atoms in total. The van der Waals surface area contributed by atoms with Crippen molar-refractivity contribution in [1.82, 2.24) is 0 Å². The van der Waals surface area contributed by atoms with Crippen LogP contribution in [0.4, 0.5) is 0 Å². The molecule has 244 valence electrons. The van der Waals surface area contributed by atoms with E-state index in [-0.39, 0.29) is 47.3 Å². The summed E-state index contributed by atoms with van der Waals surface area (Å²) in [6.07, 6.45) is 9.51. The lowest BCUT2D eigenvalue weighted by molar-refractivity contribution is -0.127. The number of phenols is 2. The Morgan fingerprint density at radius 1 is 0.889 bits per heavy atom. The van der Waals surface area contributed by atoms with Crippen molar-refractivity contribution < 1.29 is 39.5 Å². The summed E-state index contributed by atoms with van der Waals surface area (Å²) in [4.78, 5) is 40.4. The topological polar surface area (TPSA) is 141 Å². The standard InChI is InChI=1S/C37H48O8/c1-9-12-26(38)28-31(41)24(30(40)23-17-18-36(6,7)45-33(23)28)20-25-32(42)29(27(39)13-10-2)35(44)37(8,34(25)43)19-16-22(5)15-11-14-21(3)4/h14,16-18,40-43H,9-13,15,19-20H2,1-8H3. The first-order valence-corrected chi connectivity index (χ1v) is 15.8. The number of allylic oxidation sites excluding steroid dienone is 7. The minimum Gasteiger partial charge on any atom is -0.511 e. The van der Waals surface area contributed by atoms with Gasteiger partial charge in [0.15, 0.2) is 17.3 Å². The van der Waals surface area contributed by atoms with Crippen LogP contribution in [0.5, 0.6) is 17.2 Å². The Morgan fingerprint density at radius 3 is 2.11 bits per heavy atom. The van der Waals surface area contributed by atoms with Gasteiger partial charge in [0.05, 0.1) is 11.0 Å². The van der Waals surface area contributed by atoms with E-state index in [2.05, 4.69) is 6.08 Å². The number of hydrogen-bond donors (Lipinski definition) is 4. The largest absolute Gasteiger partial charge is 0.511 e. The van der Waals surface area contributed by atoms with Crippen LogP contribution in [0.25, 0.3) is 6.08 Å². The quantitative estimate of drug-likeness (QED) is 0.0977. The summed E-state index contributed by atoms with van der Waals surface area (Å²) in [5, 5.41) is 46.0. The number of aliphatic hydroxyl groups is 2. The fraction of sp³-hybridized carbons (Fsp3) is 0.486. The molecule has 0 saturated carbocycles. The summed E-state index contributed by atoms with van der Waals surface area (Å²) in [7, 11) is 0. The number of benzene rings is 1. The number of carbonyl (C=O) groups excluding carboxylic acids is 3. The van der Waals surface area contributed by atoms with E-state index in [1.807, 2.05) is 33.8 Å². The molecule has 0 amide bonds. The zero-order valence-corrected chi connectivity index (χ0v) is 27.9. The average Bonchev–Trinajstić information content (AvgIpc) is 2.94. The van der Waals surface area contributed by atoms with E-state index in [0.717, 1.165) is 18.4 Å². The molecule has 0 bridgehead atoms. The molecule has 3 rings (SSSR count). The van der Waals surface area contributed by atoms with Gasteiger partial charge >= 0.3 is 0 Å². The Balaban J connectivity index is 2.24. The van der Waals surface area contributed by atoms with Gasteiger partial charge < -0.3 is 25.2 Å². The van der Waals surface area contributed by atoms with Crippen molar-refractivity contribution in [1.29, 1.82) is 0 Å². The van der Waals surface area contributed by atoms with E-state index in [1.165, 1.54) is 12.5 Å². The van der Waals surface area contributed by atoms with Gasteiger partial charge in [-0.1, -0.05) is 37.1 Å². The Bertz CT molecular complexity index is 1540. The number of fused-ring (bicyclic) bond motifs is 1. The molecule has 1 aromatic carbocycles. The normalized spacial score (nSPS) is 19.4. The maximum Gasteiger partial charge on any atom is 0.183 e. The van der Waals surface area contributed by atoms with Gasteiger partial charge in [0.2, 0.25) is 0 Å². The molecule has 45 heavy (non-hydrogen) atoms. The lowest BCUT2D eigenvalue weighted by Gasteiger charge is -2.34. The number of rotatable bonds is 13. The Kier molecular flexibility index (Phi) is 11.0. The molecule has 1 aromatic rings. The molecule has 2 aliphatic rings. The molecule has 0 aromatic heterocycles. The molecular formula is C37H48O8. The van der Waals surface area contributed by atoms with Gasteiger partial charge in [-0.3, -0.25) is 14.4 Å². The summed E-state index contributed by atoms with van der Waals surface area (Å²) in [5.74, 6) is -3.69. The minimum absolute atomic E-state index is 0.00968. The summed E-state index contributed by atoms with van der Waals surface area (Å²) < 4.78 is 6.04. The van der Waals surface area contributed by atoms with Crippen LogP contribution in [0.3, 0.4) is 0 Å². The monoisotopic (exact) mass is 620 g/mol. The highest BCUT2D eigenvalue weighted by Gasteiger charge is 2.48. The first kappa shape index (κ1) is 35.4. The molecule has 1 aliphatic heterocycles. The van der Waals surface area contributed by atoms with Crippen molar-refractivity contribution in [3.63, 3.8) is 0 Å². The summed E-state index contributed by atoms with van der Waals surface area (Å²) in [6, 6.07) is 0. The summed E-state index contributed by atoms with van der Waals surface area (Å²) in [5.41, 5.74) is -0.860. The van der Waals surface area contributed by atoms with Crippen molar-refractivity contribution in [2.24, 2.45) is 5.41 Å². The first-order valence-electron chi connectivity index (χ1n) is 15.8. The van der Waals surface area contributed by atoms with E-state index >= 15 is 0 Å². The maximum absolute atomic E-state index is 13.9. The van der Waals surface area contributed by atoms with Gasteiger partial charge in [-0.05, 0) is 85.8 Å². The average molecular weight is 621 g/mol. The minimum atomic E-state index is -1.59. The molecule has 1 heterocycles. The van der Waals surface area contributed by atoms with Crippen molar-refractivity contribution in [3.05, 3.63) is 68.7 Å². The second-order valence-corrected chi connectivity index (χ2v) is 13.1. The first-order chi connectivity index (χ1) is 21.0. The molecule has 0 fully saturated rings. The van der Waals surface area contributed by atoms with E-state index in [9.17, 15) is 34.8 Å². The predicted octanol–water partition coefficient (Wildman–Crippen LogP) is 8.47. The van der Waals surface area contributed by atoms with Gasteiger partial charge in [-0.25, -0.2) is 0 Å². The molecule has 1 atom stereocenters. The highest BCUT2D eigenvalue weighted by molar-refractivity contribution is 6.24. The summed E-state index contributed by atoms with van der Waals surface area (Å²) >= 11 is 0. The van der Waals surface area contributed by atoms with Crippen LogP contribution in [0.1, 0.15) is 122 Å². The van der Waals surface area contributed by atoms with Crippen molar-refractivity contribution in [2.75, 3.05) is 0 Å². The Labute approximate surface area is 266 Å². The second-order valence-electron chi connectivity index (χ2n) is 13.1. The SMILES string of the molecule is CCCC(=O)C1=C(O)C(Cc2c(O)c3c(c(C(=O)CCC)c2O)OC(C)(C)C=C3)=C(O)C(C)(CC=C(C)CCC=C(C)C)C1=O. The highest BCUT2D eigenvalue weighted by atomic mass is 16.5. The lowest BCUT2D eigenvalue weighted by Crippen LogP contribution is -2.39. The summed E-state index contributed by atoms with van der Waals surface area (Å²) in [6.45, 7) is 14.7. The zero-order chi connectivity index (χ0) is 33.9. The van der Waals surface area contributed by atoms with Crippen LogP contribution < -0.4 is 4.74 Å². The number of Topliss-reactive ketones (excluding diaryl/α,β-unsaturated/α-hetero) is 3. The molecule has 0 radical (unpaired) electrons. The zero-order valence-electron chi connectivity index (χ0n) is 27.9. The molecule has 1 aliphatic carbocycles. The van der Waals surface area contributed by atoms with E-state index in [0.29, 0.717) is 12.8 Å². The van der Waals surface area contributed by atoms with Gasteiger partial charge in [0, 0.05) is 30.4 Å². The number of hydrogen-bond acceptors (Lipinski definition) is 8. The van der Waals surface area contributed by atoms with Crippen LogP contribution in [-0.2, 0) is 16.0 Å². The number of ether oxygens (including phenoxy) is 1. The smallest absolute Gasteiger partial charge is 0.183 e. The van der Waals surface area contributed by atoms with Gasteiger partial charge in [0.25, 0.3) is 0 Å². The molecular weight excluding hydrogens is 572 g/mol. The van der Waals surface area contributed by atoms with Crippen LogP contribution in [0.15, 0.2) is 52.0 Å². The number of aromatic hydroxyl groups is 2. The molecule has 4 N–H and O–H groups in total. The third-order valence-electron chi connectivity index (χ3n) is 8.43. The van der Waals surface area contributed by atoms with Crippen molar-refractivity contribution in [3.8, 4) is 17.2 Å². The number of carbonyl (C=O) groups is 3. The Hall–Kier alpha value is -4.07. The number of aliphatic hydroxyl groups excluding tert-OH is 2. The third-order valence-corrected chi connectivity index (χ3v) is 8.43. The van der Waals surface area contributed by atoms with E-state index < -0.39 is 63.4 Å². The van der Waals surface area contributed by atoms with E-state index in [1.54, 1.807) is 32.9 Å². The van der Waals surface area contributed by atoms with Crippen LogP contribution in [0, 0.1) is 5.41 Å². The fourth-order valence-corrected chi connectivity index (χ4v) is 5.70.